The van der Waals surface area contributed by atoms with E-state index in [0.717, 1.165) is 38.8 Å². The van der Waals surface area contributed by atoms with Crippen LogP contribution in [0.1, 0.15) is 336 Å². The highest BCUT2D eigenvalue weighted by atomic mass is 16.4. The van der Waals surface area contributed by atoms with Gasteiger partial charge in [0.25, 0.3) is 0 Å². The predicted octanol–water partition coefficient (Wildman–Crippen LogP) is 14.7. The summed E-state index contributed by atoms with van der Waals surface area (Å²) in [5.41, 5.74) is 7.67. The number of carbonyl (C=O) groups excluding carboxylic acids is 2. The molecule has 0 bridgehead atoms. The number of quaternary nitrogens is 2. The lowest BCUT2D eigenvalue weighted by Crippen LogP contribution is -2.50. The molecular formula is C56H118N2O4. The maximum absolute atomic E-state index is 10.2. The number of carbonyl (C=O) groups is 2. The number of hydrogen-bond donors (Lipinski definition) is 2. The van der Waals surface area contributed by atoms with E-state index >= 15 is 0 Å². The van der Waals surface area contributed by atoms with Crippen molar-refractivity contribution in [3.63, 3.8) is 0 Å². The number of aliphatic carboxylic acids is 2. The van der Waals surface area contributed by atoms with Crippen LogP contribution in [0.15, 0.2) is 0 Å². The Morgan fingerprint density at radius 3 is 0.500 bits per heavy atom. The molecule has 0 unspecified atom stereocenters. The summed E-state index contributed by atoms with van der Waals surface area (Å²) in [6.45, 7) is 11.3. The highest BCUT2D eigenvalue weighted by molar-refractivity contribution is 5.64. The largest absolute Gasteiger partial charge is 0.550 e. The molecule has 6 heteroatoms. The zero-order valence-electron chi connectivity index (χ0n) is 43.4. The van der Waals surface area contributed by atoms with Crippen LogP contribution in [0.4, 0.5) is 0 Å². The molecule has 0 atom stereocenters. The van der Waals surface area contributed by atoms with Gasteiger partial charge in [-0.15, -0.1) is 0 Å². The average Bonchev–Trinajstić information content (AvgIpc) is 3.26. The molecule has 376 valence electrons. The molecule has 0 fully saturated rings. The molecule has 0 saturated carbocycles. The van der Waals surface area contributed by atoms with Crippen LogP contribution < -0.4 is 21.7 Å². The topological polar surface area (TPSA) is 136 Å². The summed E-state index contributed by atoms with van der Waals surface area (Å²) in [6, 6.07) is 0. The fraction of sp³-hybridized carbons (Fsp3) is 0.964. The number of unbranched alkanes of at least 4 members (excludes halogenated alkanes) is 42. The van der Waals surface area contributed by atoms with E-state index in [4.69, 9.17) is 0 Å². The smallest absolute Gasteiger partial charge is 0.0739 e. The molecule has 6 nitrogen and oxygen atoms in total. The van der Waals surface area contributed by atoms with Gasteiger partial charge in [-0.2, -0.15) is 0 Å². The first-order valence-corrected chi connectivity index (χ1v) is 28.4. The minimum Gasteiger partial charge on any atom is -0.550 e. The van der Waals surface area contributed by atoms with Gasteiger partial charge in [0.05, 0.1) is 13.1 Å². The summed E-state index contributed by atoms with van der Waals surface area (Å²) in [5, 5.41) is 20.4. The summed E-state index contributed by atoms with van der Waals surface area (Å²) >= 11 is 0. The number of rotatable bonds is 48. The minimum atomic E-state index is -0.903. The highest BCUT2D eigenvalue weighted by Crippen LogP contribution is 2.15. The zero-order valence-corrected chi connectivity index (χ0v) is 43.4. The molecule has 0 amide bonds. The molecule has 0 aliphatic carbocycles. The predicted molar refractivity (Wildman–Crippen MR) is 270 cm³/mol. The van der Waals surface area contributed by atoms with Crippen molar-refractivity contribution < 1.29 is 31.3 Å². The van der Waals surface area contributed by atoms with Crippen LogP contribution in [-0.2, 0) is 9.59 Å². The van der Waals surface area contributed by atoms with Crippen molar-refractivity contribution in [2.24, 2.45) is 0 Å². The van der Waals surface area contributed by atoms with Gasteiger partial charge in [-0.3, -0.25) is 0 Å². The van der Waals surface area contributed by atoms with Gasteiger partial charge in [0, 0.05) is 11.9 Å². The molecule has 6 N–H and O–H groups in total. The van der Waals surface area contributed by atoms with E-state index in [0.29, 0.717) is 0 Å². The standard InChI is InChI=1S/2C18H36O2.2C10H23N/c2*1-2-3-4-5-6-7-8-9-10-11-12-13-14-15-16-17-18(19)20;2*1-2-3-4-5-6-7-8-9-10-11/h2*2-17H2,1H3,(H,19,20);2*2-11H2,1H3. The molecule has 0 aromatic carbocycles. The molecule has 0 saturated heterocycles. The normalized spacial score (nSPS) is 10.7. The summed E-state index contributed by atoms with van der Waals surface area (Å²) in [4.78, 5) is 20.4. The Morgan fingerprint density at radius 2 is 0.371 bits per heavy atom. The van der Waals surface area contributed by atoms with E-state index in [9.17, 15) is 19.8 Å². The molecular weight excluding hydrogens is 765 g/mol. The zero-order chi connectivity index (χ0) is 46.5. The third kappa shape index (κ3) is 82.5. The van der Waals surface area contributed by atoms with Crippen molar-refractivity contribution in [2.75, 3.05) is 13.1 Å². The van der Waals surface area contributed by atoms with E-state index in [1.807, 2.05) is 0 Å². The Bertz CT molecular complexity index is 686. The number of carboxylic acids is 2. The lowest BCUT2D eigenvalue weighted by Gasteiger charge is -2.04. The summed E-state index contributed by atoms with van der Waals surface area (Å²) in [7, 11) is 0. The first-order chi connectivity index (χ1) is 30.4. The van der Waals surface area contributed by atoms with Crippen molar-refractivity contribution in [2.45, 2.75) is 336 Å². The highest BCUT2D eigenvalue weighted by Gasteiger charge is 1.97. The van der Waals surface area contributed by atoms with Gasteiger partial charge in [-0.05, 0) is 51.4 Å². The monoisotopic (exact) mass is 883 g/mol. The molecule has 0 radical (unpaired) electrons. The Hall–Kier alpha value is -1.14. The average molecular weight is 884 g/mol. The van der Waals surface area contributed by atoms with Crippen molar-refractivity contribution in [1.82, 2.24) is 0 Å². The maximum atomic E-state index is 10.2. The third-order valence-corrected chi connectivity index (χ3v) is 12.2. The first kappa shape index (κ1) is 67.5. The van der Waals surface area contributed by atoms with Gasteiger partial charge >= 0.3 is 0 Å². The van der Waals surface area contributed by atoms with Gasteiger partial charge < -0.3 is 31.3 Å². The van der Waals surface area contributed by atoms with Gasteiger partial charge in [0.2, 0.25) is 0 Å². The summed E-state index contributed by atoms with van der Waals surface area (Å²) in [6.07, 6.45) is 62.3. The molecule has 0 aliphatic rings. The van der Waals surface area contributed by atoms with Crippen molar-refractivity contribution in [3.8, 4) is 0 Å². The number of carboxylic acid groups (broad SMARTS) is 2. The van der Waals surface area contributed by atoms with Crippen LogP contribution in [0.2, 0.25) is 0 Å². The van der Waals surface area contributed by atoms with Crippen LogP contribution in [0.5, 0.6) is 0 Å². The van der Waals surface area contributed by atoms with Crippen molar-refractivity contribution in [1.29, 1.82) is 0 Å². The SMILES string of the molecule is CCCCCCCCCCCCCCCCCC(=O)[O-].CCCCCCCCCCCCCCCCCC(=O)[O-].CCCCCCCCCC[NH3+].CCCCCCCCCC[NH3+]. The lowest BCUT2D eigenvalue weighted by molar-refractivity contribution is -0.368. The molecule has 62 heavy (non-hydrogen) atoms. The quantitative estimate of drug-likeness (QED) is 0.0588. The fourth-order valence-electron chi connectivity index (χ4n) is 7.90. The minimum absolute atomic E-state index is 0.234. The molecule has 0 heterocycles. The van der Waals surface area contributed by atoms with Gasteiger partial charge in [0.15, 0.2) is 0 Å². The molecule has 0 aromatic rings. The Morgan fingerprint density at radius 1 is 0.242 bits per heavy atom. The van der Waals surface area contributed by atoms with Crippen molar-refractivity contribution in [3.05, 3.63) is 0 Å². The van der Waals surface area contributed by atoms with Crippen LogP contribution in [0.25, 0.3) is 0 Å². The van der Waals surface area contributed by atoms with E-state index in [1.165, 1.54) is 270 Å². The molecule has 0 aliphatic heterocycles. The molecule has 0 spiro atoms. The Labute approximate surface area is 390 Å². The Balaban J connectivity index is -0.000000376. The third-order valence-electron chi connectivity index (χ3n) is 12.2. The second-order valence-corrected chi connectivity index (χ2v) is 18.8. The fourth-order valence-corrected chi connectivity index (χ4v) is 7.90. The van der Waals surface area contributed by atoms with Crippen LogP contribution in [-0.4, -0.2) is 25.0 Å². The second kappa shape index (κ2) is 68.9. The first-order valence-electron chi connectivity index (χ1n) is 28.4. The second-order valence-electron chi connectivity index (χ2n) is 18.8. The van der Waals surface area contributed by atoms with E-state index in [1.54, 1.807) is 0 Å². The van der Waals surface area contributed by atoms with Gasteiger partial charge in [-0.1, -0.05) is 285 Å². The number of hydrogen-bond acceptors (Lipinski definition) is 4. The molecule has 0 aromatic heterocycles. The van der Waals surface area contributed by atoms with Crippen molar-refractivity contribution >= 4 is 11.9 Å². The lowest BCUT2D eigenvalue weighted by atomic mass is 10.0. The van der Waals surface area contributed by atoms with E-state index in [-0.39, 0.29) is 12.8 Å². The Kier molecular flexibility index (Phi) is 75.0. The summed E-state index contributed by atoms with van der Waals surface area (Å²) in [5.74, 6) is -1.81. The molecule has 0 rings (SSSR count). The van der Waals surface area contributed by atoms with E-state index < -0.39 is 11.9 Å². The van der Waals surface area contributed by atoms with Gasteiger partial charge in [-0.25, -0.2) is 0 Å². The van der Waals surface area contributed by atoms with Crippen LogP contribution in [0.3, 0.4) is 0 Å². The van der Waals surface area contributed by atoms with E-state index in [2.05, 4.69) is 39.2 Å². The van der Waals surface area contributed by atoms with Crippen LogP contribution >= 0.6 is 0 Å². The summed E-state index contributed by atoms with van der Waals surface area (Å²) < 4.78 is 0. The van der Waals surface area contributed by atoms with Crippen LogP contribution in [0, 0.1) is 0 Å². The maximum Gasteiger partial charge on any atom is 0.0739 e. The van der Waals surface area contributed by atoms with Gasteiger partial charge in [0.1, 0.15) is 0 Å².